The highest BCUT2D eigenvalue weighted by atomic mass is 16.4. The summed E-state index contributed by atoms with van der Waals surface area (Å²) in [4.78, 5) is 25.1. The molecule has 21 heavy (non-hydrogen) atoms. The summed E-state index contributed by atoms with van der Waals surface area (Å²) in [5, 5.41) is 12.1. The number of carboxylic acids is 1. The molecule has 0 aromatic heterocycles. The number of hydrogen-bond acceptors (Lipinski definition) is 2. The molecule has 1 fully saturated rings. The number of hydrogen-bond donors (Lipinski definition) is 2. The van der Waals surface area contributed by atoms with Crippen LogP contribution >= 0.6 is 0 Å². The van der Waals surface area contributed by atoms with E-state index in [4.69, 9.17) is 0 Å². The molecule has 5 heteroatoms. The molecule has 0 spiro atoms. The van der Waals surface area contributed by atoms with E-state index in [-0.39, 0.29) is 12.6 Å². The molecule has 2 rings (SSSR count). The van der Waals surface area contributed by atoms with Crippen molar-refractivity contribution in [2.75, 3.05) is 18.4 Å². The van der Waals surface area contributed by atoms with E-state index in [1.165, 1.54) is 0 Å². The predicted molar refractivity (Wildman–Crippen MR) is 81.4 cm³/mol. The molecule has 2 N–H and O–H groups in total. The van der Waals surface area contributed by atoms with Gasteiger partial charge in [-0.1, -0.05) is 31.5 Å². The molecule has 1 atom stereocenters. The Morgan fingerprint density at radius 1 is 1.38 bits per heavy atom. The molecule has 1 aromatic carbocycles. The Morgan fingerprint density at radius 2 is 2.10 bits per heavy atom. The maximum absolute atomic E-state index is 12.3. The van der Waals surface area contributed by atoms with Crippen LogP contribution in [0.15, 0.2) is 24.3 Å². The van der Waals surface area contributed by atoms with E-state index in [9.17, 15) is 14.7 Å². The molecule has 2 amide bonds. The number of carboxylic acid groups (broad SMARTS) is 1. The van der Waals surface area contributed by atoms with Gasteiger partial charge in [-0.25, -0.2) is 4.79 Å². The van der Waals surface area contributed by atoms with Crippen molar-refractivity contribution >= 4 is 17.7 Å². The third kappa shape index (κ3) is 3.35. The minimum atomic E-state index is -0.843. The van der Waals surface area contributed by atoms with Crippen LogP contribution in [0.5, 0.6) is 0 Å². The number of carbonyl (C=O) groups is 2. The van der Waals surface area contributed by atoms with Gasteiger partial charge in [-0.2, -0.15) is 0 Å². The maximum atomic E-state index is 12.3. The van der Waals surface area contributed by atoms with E-state index in [2.05, 4.69) is 12.2 Å². The van der Waals surface area contributed by atoms with Crippen LogP contribution < -0.4 is 5.32 Å². The maximum Gasteiger partial charge on any atom is 0.321 e. The van der Waals surface area contributed by atoms with E-state index >= 15 is 0 Å². The minimum absolute atomic E-state index is 0.219. The molecular weight excluding hydrogens is 268 g/mol. The molecule has 1 saturated heterocycles. The first-order valence-corrected chi connectivity index (χ1v) is 7.33. The third-order valence-corrected chi connectivity index (χ3v) is 4.06. The van der Waals surface area contributed by atoms with Crippen molar-refractivity contribution in [1.82, 2.24) is 4.90 Å². The van der Waals surface area contributed by atoms with Crippen LogP contribution in [0.3, 0.4) is 0 Å². The second-order valence-electron chi connectivity index (χ2n) is 5.87. The zero-order valence-electron chi connectivity index (χ0n) is 12.6. The fourth-order valence-corrected chi connectivity index (χ4v) is 2.63. The van der Waals surface area contributed by atoms with E-state index < -0.39 is 11.4 Å². The number of amides is 2. The molecule has 5 nitrogen and oxygen atoms in total. The highest BCUT2D eigenvalue weighted by Crippen LogP contribution is 2.30. The Hall–Kier alpha value is -2.04. The van der Waals surface area contributed by atoms with Crippen molar-refractivity contribution in [3.8, 4) is 0 Å². The molecule has 0 aliphatic carbocycles. The number of para-hydroxylation sites is 1. The second-order valence-corrected chi connectivity index (χ2v) is 5.87. The van der Waals surface area contributed by atoms with E-state index in [0.717, 1.165) is 24.1 Å². The van der Waals surface area contributed by atoms with Crippen molar-refractivity contribution in [1.29, 1.82) is 0 Å². The molecule has 0 bridgehead atoms. The summed E-state index contributed by atoms with van der Waals surface area (Å²) in [6.07, 6.45) is 2.41. The zero-order chi connectivity index (χ0) is 15.5. The fourth-order valence-electron chi connectivity index (χ4n) is 2.63. The van der Waals surface area contributed by atoms with Crippen LogP contribution in [0.2, 0.25) is 0 Å². The molecule has 114 valence electrons. The number of urea groups is 1. The number of anilines is 1. The topological polar surface area (TPSA) is 69.6 Å². The number of aliphatic carboxylic acids is 1. The Bertz CT molecular complexity index is 544. The molecule has 1 aromatic rings. The summed E-state index contributed by atoms with van der Waals surface area (Å²) in [5.74, 6) is -0.843. The number of nitrogens with one attached hydrogen (secondary N) is 1. The third-order valence-electron chi connectivity index (χ3n) is 4.06. The van der Waals surface area contributed by atoms with E-state index in [0.29, 0.717) is 13.0 Å². The first-order valence-electron chi connectivity index (χ1n) is 7.33. The van der Waals surface area contributed by atoms with Crippen molar-refractivity contribution in [2.45, 2.75) is 33.1 Å². The van der Waals surface area contributed by atoms with Gasteiger partial charge in [0.1, 0.15) is 0 Å². The van der Waals surface area contributed by atoms with Gasteiger partial charge < -0.3 is 15.3 Å². The van der Waals surface area contributed by atoms with Crippen molar-refractivity contribution < 1.29 is 14.7 Å². The average molecular weight is 290 g/mol. The summed E-state index contributed by atoms with van der Waals surface area (Å²) >= 11 is 0. The smallest absolute Gasteiger partial charge is 0.321 e. The first kappa shape index (κ1) is 15.4. The predicted octanol–water partition coefficient (Wildman–Crippen LogP) is 2.97. The monoisotopic (exact) mass is 290 g/mol. The van der Waals surface area contributed by atoms with Crippen LogP contribution in [0.1, 0.15) is 32.3 Å². The molecule has 1 aliphatic heterocycles. The fraction of sp³-hybridized carbons (Fsp3) is 0.500. The van der Waals surface area contributed by atoms with Gasteiger partial charge in [0.05, 0.1) is 5.41 Å². The van der Waals surface area contributed by atoms with E-state index in [1.807, 2.05) is 24.3 Å². The summed E-state index contributed by atoms with van der Waals surface area (Å²) in [7, 11) is 0. The SMILES string of the molecule is CCCc1ccccc1NC(=O)N1CCC(C)(C(=O)O)C1. The number of aryl methyl sites for hydroxylation is 1. The van der Waals surface area contributed by atoms with Gasteiger partial charge in [-0.05, 0) is 31.4 Å². The molecule has 0 radical (unpaired) electrons. The molecule has 0 saturated carbocycles. The van der Waals surface area contributed by atoms with Gasteiger partial charge in [0.2, 0.25) is 0 Å². The van der Waals surface area contributed by atoms with Crippen LogP contribution in [-0.2, 0) is 11.2 Å². The van der Waals surface area contributed by atoms with Crippen LogP contribution in [0.25, 0.3) is 0 Å². The Labute approximate surface area is 125 Å². The number of rotatable bonds is 4. The van der Waals surface area contributed by atoms with Gasteiger partial charge in [0, 0.05) is 18.8 Å². The van der Waals surface area contributed by atoms with Crippen molar-refractivity contribution in [2.24, 2.45) is 5.41 Å². The lowest BCUT2D eigenvalue weighted by molar-refractivity contribution is -0.146. The summed E-state index contributed by atoms with van der Waals surface area (Å²) in [5.41, 5.74) is 1.09. The van der Waals surface area contributed by atoms with E-state index in [1.54, 1.807) is 11.8 Å². The Morgan fingerprint density at radius 3 is 2.71 bits per heavy atom. The summed E-state index contributed by atoms with van der Waals surface area (Å²) in [6, 6.07) is 7.52. The van der Waals surface area contributed by atoms with Gasteiger partial charge in [0.25, 0.3) is 0 Å². The highest BCUT2D eigenvalue weighted by molar-refractivity contribution is 5.91. The second kappa shape index (κ2) is 6.16. The minimum Gasteiger partial charge on any atom is -0.481 e. The molecule has 1 unspecified atom stereocenters. The number of benzene rings is 1. The average Bonchev–Trinajstić information content (AvgIpc) is 2.85. The number of carbonyl (C=O) groups excluding carboxylic acids is 1. The Kier molecular flexibility index (Phi) is 4.50. The van der Waals surface area contributed by atoms with Crippen LogP contribution in [0.4, 0.5) is 10.5 Å². The number of likely N-dealkylation sites (tertiary alicyclic amines) is 1. The van der Waals surface area contributed by atoms with Crippen molar-refractivity contribution in [3.63, 3.8) is 0 Å². The summed E-state index contributed by atoms with van der Waals surface area (Å²) < 4.78 is 0. The molecule has 1 aliphatic rings. The van der Waals surface area contributed by atoms with Crippen LogP contribution in [-0.4, -0.2) is 35.1 Å². The van der Waals surface area contributed by atoms with Gasteiger partial charge in [0.15, 0.2) is 0 Å². The standard InChI is InChI=1S/C16H22N2O3/c1-3-6-12-7-4-5-8-13(12)17-15(21)18-10-9-16(2,11-18)14(19)20/h4-5,7-8H,3,6,9-11H2,1-2H3,(H,17,21)(H,19,20). The molecule has 1 heterocycles. The van der Waals surface area contributed by atoms with Gasteiger partial charge >= 0.3 is 12.0 Å². The quantitative estimate of drug-likeness (QED) is 0.895. The van der Waals surface area contributed by atoms with Crippen molar-refractivity contribution in [3.05, 3.63) is 29.8 Å². The van der Waals surface area contributed by atoms with Crippen LogP contribution in [0, 0.1) is 5.41 Å². The summed E-state index contributed by atoms with van der Waals surface area (Å²) in [6.45, 7) is 4.51. The largest absolute Gasteiger partial charge is 0.481 e. The van der Waals surface area contributed by atoms with Gasteiger partial charge in [-0.3, -0.25) is 4.79 Å². The highest BCUT2D eigenvalue weighted by Gasteiger charge is 2.42. The lowest BCUT2D eigenvalue weighted by Crippen LogP contribution is -2.37. The first-order chi connectivity index (χ1) is 9.96. The Balaban J connectivity index is 2.05. The normalized spacial score (nSPS) is 21.3. The lowest BCUT2D eigenvalue weighted by Gasteiger charge is -2.21. The number of nitrogens with zero attached hydrogens (tertiary/aromatic N) is 1. The lowest BCUT2D eigenvalue weighted by atomic mass is 9.90. The zero-order valence-corrected chi connectivity index (χ0v) is 12.6. The van der Waals surface area contributed by atoms with Gasteiger partial charge in [-0.15, -0.1) is 0 Å². The molecular formula is C16H22N2O3.